The van der Waals surface area contributed by atoms with Gasteiger partial charge in [-0.05, 0) is 17.5 Å². The zero-order valence-electron chi connectivity index (χ0n) is 11.7. The van der Waals surface area contributed by atoms with Gasteiger partial charge in [0, 0.05) is 13.2 Å². The number of nitrogens with one attached hydrogen (secondary N) is 2. The Balaban J connectivity index is 1.72. The molecule has 0 aliphatic rings. The molecule has 0 saturated heterocycles. The second-order valence-electron chi connectivity index (χ2n) is 4.94. The molecule has 110 valence electrons. The van der Waals surface area contributed by atoms with Crippen molar-refractivity contribution in [2.24, 2.45) is 0 Å². The molecule has 4 aromatic rings. The first kappa shape index (κ1) is 13.0. The molecule has 0 aliphatic carbocycles. The fourth-order valence-electron chi connectivity index (χ4n) is 2.46. The summed E-state index contributed by atoms with van der Waals surface area (Å²) in [4.78, 5) is 32.8. The summed E-state index contributed by atoms with van der Waals surface area (Å²) in [6.07, 6.45) is 3.34. The number of thiophene rings is 1. The molecule has 4 rings (SSSR count). The van der Waals surface area contributed by atoms with Crippen molar-refractivity contribution in [1.82, 2.24) is 24.9 Å². The Morgan fingerprint density at radius 3 is 3.14 bits per heavy atom. The summed E-state index contributed by atoms with van der Waals surface area (Å²) in [5.74, 6) is 1.40. The number of aromatic nitrogens is 5. The average Bonchev–Trinajstić information content (AvgIpc) is 3.15. The lowest BCUT2D eigenvalue weighted by Gasteiger charge is -2.17. The Kier molecular flexibility index (Phi) is 2.90. The third kappa shape index (κ3) is 2.04. The van der Waals surface area contributed by atoms with Crippen LogP contribution in [0.5, 0.6) is 0 Å². The number of aromatic amines is 2. The van der Waals surface area contributed by atoms with Gasteiger partial charge in [0.1, 0.15) is 28.3 Å². The van der Waals surface area contributed by atoms with Gasteiger partial charge in [-0.2, -0.15) is 0 Å². The van der Waals surface area contributed by atoms with Crippen molar-refractivity contribution in [2.75, 3.05) is 11.9 Å². The van der Waals surface area contributed by atoms with Crippen LogP contribution in [0.3, 0.4) is 0 Å². The van der Waals surface area contributed by atoms with Crippen molar-refractivity contribution >= 4 is 38.4 Å². The molecule has 0 radical (unpaired) electrons. The maximum absolute atomic E-state index is 12.0. The molecular weight excluding hydrogens is 300 g/mol. The molecule has 0 aromatic carbocycles. The summed E-state index contributed by atoms with van der Waals surface area (Å²) in [6, 6.07) is 3.78. The van der Waals surface area contributed by atoms with E-state index in [-0.39, 0.29) is 5.56 Å². The summed E-state index contributed by atoms with van der Waals surface area (Å²) < 4.78 is 0.654. The number of rotatable bonds is 3. The van der Waals surface area contributed by atoms with Crippen LogP contribution < -0.4 is 10.5 Å². The summed E-state index contributed by atoms with van der Waals surface area (Å²) in [6.45, 7) is 0.457. The van der Waals surface area contributed by atoms with Crippen LogP contribution >= 0.6 is 11.3 Å². The van der Waals surface area contributed by atoms with Crippen molar-refractivity contribution in [2.45, 2.75) is 6.54 Å². The van der Waals surface area contributed by atoms with E-state index in [1.807, 2.05) is 35.7 Å². The first-order valence-electron chi connectivity index (χ1n) is 6.68. The molecule has 0 unspecified atom stereocenters. The Hall–Kier alpha value is -2.74. The van der Waals surface area contributed by atoms with E-state index in [0.717, 1.165) is 22.4 Å². The zero-order chi connectivity index (χ0) is 15.1. The topological polar surface area (TPSA) is 90.6 Å². The largest absolute Gasteiger partial charge is 0.352 e. The van der Waals surface area contributed by atoms with Gasteiger partial charge in [0.25, 0.3) is 5.56 Å². The fraction of sp³-hybridized carbons (Fsp3) is 0.143. The average molecular weight is 312 g/mol. The Morgan fingerprint density at radius 1 is 1.32 bits per heavy atom. The molecule has 7 nitrogen and oxygen atoms in total. The minimum Gasteiger partial charge on any atom is -0.352 e. The minimum absolute atomic E-state index is 0.0992. The molecule has 0 bridgehead atoms. The molecule has 4 aromatic heterocycles. The van der Waals surface area contributed by atoms with E-state index >= 15 is 0 Å². The quantitative estimate of drug-likeness (QED) is 0.603. The smallest absolute Gasteiger partial charge is 0.268 e. The number of hydrogen-bond acceptors (Lipinski definition) is 6. The molecular formula is C14H12N6OS. The first-order chi connectivity index (χ1) is 10.7. The van der Waals surface area contributed by atoms with E-state index in [1.54, 1.807) is 0 Å². The first-order valence-corrected chi connectivity index (χ1v) is 7.56. The van der Waals surface area contributed by atoms with Crippen molar-refractivity contribution in [3.8, 4) is 0 Å². The molecule has 8 heteroatoms. The van der Waals surface area contributed by atoms with Gasteiger partial charge in [-0.1, -0.05) is 0 Å². The predicted octanol–water partition coefficient (Wildman–Crippen LogP) is 1.89. The molecule has 0 amide bonds. The van der Waals surface area contributed by atoms with Crippen molar-refractivity contribution in [1.29, 1.82) is 0 Å². The molecule has 0 atom stereocenters. The van der Waals surface area contributed by atoms with Crippen LogP contribution in [0.25, 0.3) is 21.3 Å². The number of anilines is 1. The van der Waals surface area contributed by atoms with Gasteiger partial charge in [-0.3, -0.25) is 4.79 Å². The highest BCUT2D eigenvalue weighted by Gasteiger charge is 2.12. The van der Waals surface area contributed by atoms with Gasteiger partial charge in [0.05, 0.1) is 17.4 Å². The molecule has 0 fully saturated rings. The SMILES string of the molecule is CN(Cc1nc2ccsc2c(=O)[nH]1)c1ncnc2[nH]ccc12. The van der Waals surface area contributed by atoms with E-state index in [1.165, 1.54) is 17.7 Å². The summed E-state index contributed by atoms with van der Waals surface area (Å²) in [7, 11) is 1.91. The second-order valence-corrected chi connectivity index (χ2v) is 5.86. The van der Waals surface area contributed by atoms with E-state index in [4.69, 9.17) is 0 Å². The summed E-state index contributed by atoms with van der Waals surface area (Å²) in [5.41, 5.74) is 1.41. The second kappa shape index (κ2) is 4.92. The van der Waals surface area contributed by atoms with Crippen molar-refractivity contribution in [3.05, 3.63) is 46.2 Å². The van der Waals surface area contributed by atoms with Crippen LogP contribution in [0, 0.1) is 0 Å². The van der Waals surface area contributed by atoms with Gasteiger partial charge in [-0.15, -0.1) is 11.3 Å². The minimum atomic E-state index is -0.0992. The van der Waals surface area contributed by atoms with E-state index in [2.05, 4.69) is 24.9 Å². The van der Waals surface area contributed by atoms with Crippen LogP contribution in [0.15, 0.2) is 34.8 Å². The van der Waals surface area contributed by atoms with Gasteiger partial charge in [0.2, 0.25) is 0 Å². The summed E-state index contributed by atoms with van der Waals surface area (Å²) >= 11 is 1.40. The fourth-order valence-corrected chi connectivity index (χ4v) is 3.18. The lowest BCUT2D eigenvalue weighted by atomic mass is 10.3. The van der Waals surface area contributed by atoms with E-state index < -0.39 is 0 Å². The van der Waals surface area contributed by atoms with E-state index in [9.17, 15) is 4.79 Å². The maximum Gasteiger partial charge on any atom is 0.268 e. The monoisotopic (exact) mass is 312 g/mol. The molecule has 0 saturated carbocycles. The molecule has 0 aliphatic heterocycles. The summed E-state index contributed by atoms with van der Waals surface area (Å²) in [5, 5.41) is 2.80. The Bertz CT molecular complexity index is 1020. The lowest BCUT2D eigenvalue weighted by Crippen LogP contribution is -2.22. The van der Waals surface area contributed by atoms with Crippen LogP contribution in [0.4, 0.5) is 5.82 Å². The normalized spacial score (nSPS) is 11.3. The van der Waals surface area contributed by atoms with Gasteiger partial charge in [0.15, 0.2) is 0 Å². The van der Waals surface area contributed by atoms with Crippen LogP contribution in [0.1, 0.15) is 5.82 Å². The number of nitrogens with zero attached hydrogens (tertiary/aromatic N) is 4. The number of fused-ring (bicyclic) bond motifs is 2. The van der Waals surface area contributed by atoms with Gasteiger partial charge in [-0.25, -0.2) is 15.0 Å². The highest BCUT2D eigenvalue weighted by Crippen LogP contribution is 2.22. The zero-order valence-corrected chi connectivity index (χ0v) is 12.5. The third-order valence-corrected chi connectivity index (χ3v) is 4.35. The standard InChI is InChI=1S/C14H12N6OS/c1-20(13-8-2-4-15-12(8)16-7-17-13)6-10-18-9-3-5-22-11(9)14(21)19-10/h2-5,7H,6H2,1H3,(H,15,16,17)(H,18,19,21). The highest BCUT2D eigenvalue weighted by atomic mass is 32.1. The van der Waals surface area contributed by atoms with Crippen molar-refractivity contribution in [3.63, 3.8) is 0 Å². The van der Waals surface area contributed by atoms with Crippen LogP contribution in [0.2, 0.25) is 0 Å². The van der Waals surface area contributed by atoms with Crippen LogP contribution in [-0.4, -0.2) is 32.0 Å². The lowest BCUT2D eigenvalue weighted by molar-refractivity contribution is 0.829. The molecule has 22 heavy (non-hydrogen) atoms. The molecule has 0 spiro atoms. The van der Waals surface area contributed by atoms with E-state index in [0.29, 0.717) is 17.1 Å². The number of hydrogen-bond donors (Lipinski definition) is 2. The number of H-pyrrole nitrogens is 2. The molecule has 4 heterocycles. The highest BCUT2D eigenvalue weighted by molar-refractivity contribution is 7.17. The van der Waals surface area contributed by atoms with Crippen molar-refractivity contribution < 1.29 is 0 Å². The third-order valence-electron chi connectivity index (χ3n) is 3.45. The predicted molar refractivity (Wildman–Crippen MR) is 86.2 cm³/mol. The Labute approximate surface area is 128 Å². The molecule has 2 N–H and O–H groups in total. The van der Waals surface area contributed by atoms with Gasteiger partial charge >= 0.3 is 0 Å². The van der Waals surface area contributed by atoms with Gasteiger partial charge < -0.3 is 14.9 Å². The maximum atomic E-state index is 12.0. The Morgan fingerprint density at radius 2 is 2.23 bits per heavy atom. The van der Waals surface area contributed by atoms with Crippen LogP contribution in [-0.2, 0) is 6.54 Å².